The van der Waals surface area contributed by atoms with E-state index in [0.29, 0.717) is 24.5 Å². The second-order valence-corrected chi connectivity index (χ2v) is 8.26. The van der Waals surface area contributed by atoms with Crippen LogP contribution in [-0.2, 0) is 0 Å². The summed E-state index contributed by atoms with van der Waals surface area (Å²) < 4.78 is 11.5. The Labute approximate surface area is 188 Å². The summed E-state index contributed by atoms with van der Waals surface area (Å²) in [5, 5.41) is 0. The van der Waals surface area contributed by atoms with Gasteiger partial charge in [0.2, 0.25) is 0 Å². The van der Waals surface area contributed by atoms with E-state index in [4.69, 9.17) is 9.47 Å². The van der Waals surface area contributed by atoms with Crippen LogP contribution in [0.25, 0.3) is 11.3 Å². The first-order valence-corrected chi connectivity index (χ1v) is 11.1. The van der Waals surface area contributed by atoms with Crippen LogP contribution in [-0.4, -0.2) is 62.1 Å². The van der Waals surface area contributed by atoms with Gasteiger partial charge < -0.3 is 14.4 Å². The van der Waals surface area contributed by atoms with Gasteiger partial charge in [0.15, 0.2) is 5.78 Å². The summed E-state index contributed by atoms with van der Waals surface area (Å²) in [6.07, 6.45) is 1.76. The number of nitrogens with zero attached hydrogens (tertiary/aromatic N) is 3. The quantitative estimate of drug-likeness (QED) is 0.616. The highest BCUT2D eigenvalue weighted by molar-refractivity contribution is 6.02. The average molecular weight is 430 g/mol. The minimum Gasteiger partial charge on any atom is -0.495 e. The highest BCUT2D eigenvalue weighted by Crippen LogP contribution is 2.32. The molecule has 1 aromatic heterocycles. The van der Waals surface area contributed by atoms with Gasteiger partial charge in [-0.3, -0.25) is 14.7 Å². The summed E-state index contributed by atoms with van der Waals surface area (Å²) >= 11 is 0. The molecule has 1 unspecified atom stereocenters. The molecule has 2 aromatic carbocycles. The molecule has 164 valence electrons. The van der Waals surface area contributed by atoms with Crippen molar-refractivity contribution >= 4 is 11.5 Å². The third kappa shape index (κ3) is 4.06. The first-order valence-electron chi connectivity index (χ1n) is 11.1. The maximum Gasteiger partial charge on any atom is 0.174 e. The molecule has 0 N–H and O–H groups in total. The van der Waals surface area contributed by atoms with Gasteiger partial charge in [-0.05, 0) is 42.5 Å². The Kier molecular flexibility index (Phi) is 5.77. The molecule has 0 spiro atoms. The van der Waals surface area contributed by atoms with Gasteiger partial charge in [-0.1, -0.05) is 18.2 Å². The van der Waals surface area contributed by atoms with Gasteiger partial charge in [-0.25, -0.2) is 0 Å². The molecule has 3 aromatic rings. The summed E-state index contributed by atoms with van der Waals surface area (Å²) in [6.45, 7) is 4.77. The van der Waals surface area contributed by atoms with Gasteiger partial charge in [0.1, 0.15) is 11.5 Å². The molecule has 1 fully saturated rings. The predicted octanol–water partition coefficient (Wildman–Crippen LogP) is 3.77. The second kappa shape index (κ2) is 9.01. The Balaban J connectivity index is 1.25. The van der Waals surface area contributed by atoms with Crippen LogP contribution in [0.4, 0.5) is 5.69 Å². The third-order valence-electron chi connectivity index (χ3n) is 6.29. The maximum atomic E-state index is 13.3. The number of hydrogen-bond acceptors (Lipinski definition) is 6. The number of carbonyl (C=O) groups is 1. The van der Waals surface area contributed by atoms with E-state index < -0.39 is 0 Å². The van der Waals surface area contributed by atoms with Gasteiger partial charge in [-0.15, -0.1) is 0 Å². The molecule has 2 aliphatic rings. The number of rotatable bonds is 5. The van der Waals surface area contributed by atoms with E-state index >= 15 is 0 Å². The topological polar surface area (TPSA) is 54.9 Å². The van der Waals surface area contributed by atoms with Crippen LogP contribution in [0.2, 0.25) is 0 Å². The van der Waals surface area contributed by atoms with Crippen LogP contribution in [0, 0.1) is 5.92 Å². The van der Waals surface area contributed by atoms with Gasteiger partial charge in [-0.2, -0.15) is 0 Å². The third-order valence-corrected chi connectivity index (χ3v) is 6.29. The molecule has 1 atom stereocenters. The smallest absolute Gasteiger partial charge is 0.174 e. The van der Waals surface area contributed by atoms with Crippen molar-refractivity contribution in [2.45, 2.75) is 0 Å². The number of aromatic nitrogens is 1. The summed E-state index contributed by atoms with van der Waals surface area (Å²) in [5.41, 5.74) is 3.59. The van der Waals surface area contributed by atoms with Crippen LogP contribution in [0.5, 0.6) is 11.5 Å². The molecule has 6 nitrogen and oxygen atoms in total. The normalized spacial score (nSPS) is 18.7. The molecule has 32 heavy (non-hydrogen) atoms. The monoisotopic (exact) mass is 429 g/mol. The minimum atomic E-state index is -0.153. The zero-order valence-corrected chi connectivity index (χ0v) is 18.2. The molecular weight excluding hydrogens is 402 g/mol. The number of pyridine rings is 1. The van der Waals surface area contributed by atoms with Crippen LogP contribution in [0.1, 0.15) is 10.4 Å². The van der Waals surface area contributed by atoms with Gasteiger partial charge >= 0.3 is 0 Å². The van der Waals surface area contributed by atoms with Crippen LogP contribution in [0.15, 0.2) is 66.9 Å². The largest absolute Gasteiger partial charge is 0.495 e. The van der Waals surface area contributed by atoms with Crippen molar-refractivity contribution in [2.24, 2.45) is 5.92 Å². The van der Waals surface area contributed by atoms with E-state index in [2.05, 4.69) is 20.9 Å². The molecule has 0 saturated carbocycles. The fourth-order valence-electron chi connectivity index (χ4n) is 4.54. The number of ketones is 1. The summed E-state index contributed by atoms with van der Waals surface area (Å²) in [6, 6.07) is 19.7. The van der Waals surface area contributed by atoms with E-state index in [0.717, 1.165) is 48.9 Å². The molecule has 2 aliphatic heterocycles. The van der Waals surface area contributed by atoms with Crippen molar-refractivity contribution in [1.29, 1.82) is 0 Å². The van der Waals surface area contributed by atoms with Gasteiger partial charge in [0.25, 0.3) is 0 Å². The van der Waals surface area contributed by atoms with Crippen molar-refractivity contribution < 1.29 is 14.3 Å². The fourth-order valence-corrected chi connectivity index (χ4v) is 4.54. The van der Waals surface area contributed by atoms with Crippen LogP contribution >= 0.6 is 0 Å². The van der Waals surface area contributed by atoms with Crippen molar-refractivity contribution in [3.63, 3.8) is 0 Å². The van der Waals surface area contributed by atoms with Crippen molar-refractivity contribution in [3.05, 3.63) is 72.4 Å². The van der Waals surface area contributed by atoms with E-state index in [-0.39, 0.29) is 11.7 Å². The average Bonchev–Trinajstić information content (AvgIpc) is 2.86. The maximum absolute atomic E-state index is 13.3. The zero-order valence-electron chi connectivity index (χ0n) is 18.2. The summed E-state index contributed by atoms with van der Waals surface area (Å²) in [4.78, 5) is 22.4. The van der Waals surface area contributed by atoms with E-state index in [1.165, 1.54) is 0 Å². The Morgan fingerprint density at radius 2 is 1.84 bits per heavy atom. The van der Waals surface area contributed by atoms with Gasteiger partial charge in [0.05, 0.1) is 36.6 Å². The predicted molar refractivity (Wildman–Crippen MR) is 125 cm³/mol. The van der Waals surface area contributed by atoms with Crippen molar-refractivity contribution in [1.82, 2.24) is 9.88 Å². The molecule has 5 rings (SSSR count). The number of carbonyl (C=O) groups excluding carboxylic acids is 1. The Hall–Kier alpha value is -3.38. The highest BCUT2D eigenvalue weighted by Gasteiger charge is 2.32. The first kappa shape index (κ1) is 20.5. The molecule has 0 amide bonds. The lowest BCUT2D eigenvalue weighted by atomic mass is 9.92. The number of ether oxygens (including phenoxy) is 2. The molecule has 6 heteroatoms. The van der Waals surface area contributed by atoms with Crippen LogP contribution in [0.3, 0.4) is 0 Å². The standard InChI is InChI=1S/C26H27N3O3/c1-31-25-8-3-2-7-23(25)29-14-12-28(13-15-29)17-20-18-32-24-10-9-19(16-21(24)26(20)30)22-6-4-5-11-27-22/h2-11,16,20H,12-15,17-18H2,1H3. The number of para-hydroxylation sites is 2. The number of benzene rings is 2. The Bertz CT molecular complexity index is 1090. The zero-order chi connectivity index (χ0) is 21.9. The molecule has 3 heterocycles. The molecule has 0 bridgehead atoms. The molecular formula is C26H27N3O3. The van der Waals surface area contributed by atoms with E-state index in [9.17, 15) is 4.79 Å². The van der Waals surface area contributed by atoms with Gasteiger partial charge in [0, 0.05) is 44.5 Å². The van der Waals surface area contributed by atoms with Crippen molar-refractivity contribution in [2.75, 3.05) is 51.3 Å². The molecule has 0 aliphatic carbocycles. The number of hydrogen-bond donors (Lipinski definition) is 0. The number of anilines is 1. The second-order valence-electron chi connectivity index (χ2n) is 8.26. The Morgan fingerprint density at radius 3 is 2.62 bits per heavy atom. The lowest BCUT2D eigenvalue weighted by Gasteiger charge is -2.38. The van der Waals surface area contributed by atoms with Crippen molar-refractivity contribution in [3.8, 4) is 22.8 Å². The van der Waals surface area contributed by atoms with E-state index in [1.807, 2.05) is 54.6 Å². The number of Topliss-reactive ketones (excluding diaryl/α,β-unsaturated/α-hetero) is 1. The van der Waals surface area contributed by atoms with Crippen LogP contribution < -0.4 is 14.4 Å². The SMILES string of the molecule is COc1ccccc1N1CCN(CC2COc3ccc(-c4ccccn4)cc3C2=O)CC1. The lowest BCUT2D eigenvalue weighted by molar-refractivity contribution is 0.0763. The highest BCUT2D eigenvalue weighted by atomic mass is 16.5. The summed E-state index contributed by atoms with van der Waals surface area (Å²) in [5.74, 6) is 1.58. The first-order chi connectivity index (χ1) is 15.7. The molecule has 1 saturated heterocycles. The summed E-state index contributed by atoms with van der Waals surface area (Å²) in [7, 11) is 1.71. The fraction of sp³-hybridized carbons (Fsp3) is 0.308. The number of methoxy groups -OCH3 is 1. The lowest BCUT2D eigenvalue weighted by Crippen LogP contribution is -2.49. The molecule has 0 radical (unpaired) electrons. The minimum absolute atomic E-state index is 0.153. The number of piperazine rings is 1. The Morgan fingerprint density at radius 1 is 1.03 bits per heavy atom. The number of fused-ring (bicyclic) bond motifs is 1. The van der Waals surface area contributed by atoms with E-state index in [1.54, 1.807) is 13.3 Å².